The normalized spacial score (nSPS) is 18.0. The molecule has 2 aromatic carbocycles. The molecule has 1 aromatic heterocycles. The second kappa shape index (κ2) is 8.73. The molecular weight excluding hydrogens is 421 g/mol. The zero-order chi connectivity index (χ0) is 22.0. The monoisotopic (exact) mass is 439 g/mol. The molecule has 2 heterocycles. The number of imidazole rings is 1. The number of aliphatic hydroxyl groups is 1. The molecule has 158 valence electrons. The Morgan fingerprint density at radius 3 is 2.58 bits per heavy atom. The van der Waals surface area contributed by atoms with E-state index in [0.29, 0.717) is 29.1 Å². The van der Waals surface area contributed by atoms with Gasteiger partial charge in [0.1, 0.15) is 11.6 Å². The molecule has 3 aromatic rings. The molecule has 31 heavy (non-hydrogen) atoms. The number of aryl methyl sites for hydroxylation is 1. The summed E-state index contributed by atoms with van der Waals surface area (Å²) < 4.78 is 15.8. The maximum Gasteiger partial charge on any atom is 0.295 e. The summed E-state index contributed by atoms with van der Waals surface area (Å²) in [6, 6.07) is 11.1. The largest absolute Gasteiger partial charge is 0.507 e. The van der Waals surface area contributed by atoms with Gasteiger partial charge in [-0.3, -0.25) is 9.59 Å². The molecule has 1 saturated heterocycles. The van der Waals surface area contributed by atoms with Crippen LogP contribution in [0.5, 0.6) is 0 Å². The Morgan fingerprint density at radius 1 is 1.13 bits per heavy atom. The number of likely N-dealkylation sites (tertiary alicyclic amines) is 1. The van der Waals surface area contributed by atoms with Crippen LogP contribution in [0.3, 0.4) is 0 Å². The highest BCUT2D eigenvalue weighted by atomic mass is 35.5. The smallest absolute Gasteiger partial charge is 0.295 e. The van der Waals surface area contributed by atoms with Crippen LogP contribution in [0.25, 0.3) is 5.76 Å². The van der Waals surface area contributed by atoms with Gasteiger partial charge in [0.15, 0.2) is 0 Å². The number of hydrogen-bond donors (Lipinski definition) is 1. The Balaban J connectivity index is 1.73. The second-order valence-corrected chi connectivity index (χ2v) is 7.64. The molecule has 1 atom stereocenters. The minimum absolute atomic E-state index is 0.0689. The van der Waals surface area contributed by atoms with Crippen molar-refractivity contribution in [2.75, 3.05) is 6.54 Å². The highest BCUT2D eigenvalue weighted by Crippen LogP contribution is 2.39. The van der Waals surface area contributed by atoms with Crippen molar-refractivity contribution in [2.24, 2.45) is 0 Å². The number of benzene rings is 2. The lowest BCUT2D eigenvalue weighted by molar-refractivity contribution is -0.139. The Labute approximate surface area is 183 Å². The Bertz CT molecular complexity index is 1140. The third kappa shape index (κ3) is 4.22. The number of halogens is 2. The van der Waals surface area contributed by atoms with E-state index in [0.717, 1.165) is 0 Å². The number of aliphatic hydroxyl groups excluding tert-OH is 1. The van der Waals surface area contributed by atoms with Crippen LogP contribution in [-0.4, -0.2) is 37.8 Å². The summed E-state index contributed by atoms with van der Waals surface area (Å²) in [5.74, 6) is -2.34. The molecule has 1 aliphatic heterocycles. The lowest BCUT2D eigenvalue weighted by Crippen LogP contribution is -2.31. The zero-order valence-electron chi connectivity index (χ0n) is 16.4. The Hall–Kier alpha value is -3.45. The number of amides is 1. The molecule has 0 saturated carbocycles. The first-order chi connectivity index (χ1) is 15.0. The van der Waals surface area contributed by atoms with Crippen LogP contribution in [0.15, 0.2) is 72.8 Å². The number of ketones is 1. The fourth-order valence-electron chi connectivity index (χ4n) is 3.74. The molecule has 0 aliphatic carbocycles. The van der Waals surface area contributed by atoms with Crippen molar-refractivity contribution in [1.29, 1.82) is 0 Å². The first-order valence-electron chi connectivity index (χ1n) is 9.71. The fourth-order valence-corrected chi connectivity index (χ4v) is 3.87. The zero-order valence-corrected chi connectivity index (χ0v) is 17.2. The standard InChI is InChI=1S/C23H19ClFN3O3/c24-17-7-5-15(6-8-17)21(29)19-20(16-3-1-4-18(25)13-16)28(23(31)22(19)30)11-2-10-27-12-9-26-14-27/h1,3-9,12-14,20,29H,2,10-11H2/b21-19+. The van der Waals surface area contributed by atoms with Crippen LogP contribution in [-0.2, 0) is 16.1 Å². The van der Waals surface area contributed by atoms with Crippen molar-refractivity contribution in [3.05, 3.63) is 94.8 Å². The summed E-state index contributed by atoms with van der Waals surface area (Å²) in [5.41, 5.74) is 0.695. The van der Waals surface area contributed by atoms with Gasteiger partial charge in [0.05, 0.1) is 17.9 Å². The van der Waals surface area contributed by atoms with Gasteiger partial charge < -0.3 is 14.6 Å². The molecule has 1 aliphatic rings. The topological polar surface area (TPSA) is 75.4 Å². The third-order valence-electron chi connectivity index (χ3n) is 5.20. The minimum atomic E-state index is -0.894. The highest BCUT2D eigenvalue weighted by Gasteiger charge is 2.45. The SMILES string of the molecule is O=C1C(=O)N(CCCn2ccnc2)C(c2cccc(F)c2)/C1=C(\O)c1ccc(Cl)cc1. The summed E-state index contributed by atoms with van der Waals surface area (Å²) in [6.07, 6.45) is 5.68. The van der Waals surface area contributed by atoms with Crippen LogP contribution in [0, 0.1) is 5.82 Å². The number of nitrogens with zero attached hydrogens (tertiary/aromatic N) is 3. The molecule has 0 radical (unpaired) electrons. The van der Waals surface area contributed by atoms with Crippen molar-refractivity contribution in [2.45, 2.75) is 19.0 Å². The molecule has 0 spiro atoms. The minimum Gasteiger partial charge on any atom is -0.507 e. The van der Waals surface area contributed by atoms with Crippen molar-refractivity contribution in [3.8, 4) is 0 Å². The van der Waals surface area contributed by atoms with Gasteiger partial charge in [-0.2, -0.15) is 0 Å². The first-order valence-corrected chi connectivity index (χ1v) is 10.1. The summed E-state index contributed by atoms with van der Waals surface area (Å²) in [6.45, 7) is 0.845. The van der Waals surface area contributed by atoms with Crippen molar-refractivity contribution in [3.63, 3.8) is 0 Å². The second-order valence-electron chi connectivity index (χ2n) is 7.21. The van der Waals surface area contributed by atoms with Gasteiger partial charge in [0, 0.05) is 36.1 Å². The summed E-state index contributed by atoms with van der Waals surface area (Å²) >= 11 is 5.92. The molecule has 1 fully saturated rings. The van der Waals surface area contributed by atoms with Gasteiger partial charge in [-0.25, -0.2) is 9.37 Å². The van der Waals surface area contributed by atoms with Crippen molar-refractivity contribution in [1.82, 2.24) is 14.5 Å². The molecular formula is C23H19ClFN3O3. The maximum absolute atomic E-state index is 14.0. The summed E-state index contributed by atoms with van der Waals surface area (Å²) in [5, 5.41) is 11.4. The number of carbonyl (C=O) groups excluding carboxylic acids is 2. The van der Waals surface area contributed by atoms with E-state index in [2.05, 4.69) is 4.98 Å². The summed E-state index contributed by atoms with van der Waals surface area (Å²) in [4.78, 5) is 31.1. The predicted octanol–water partition coefficient (Wildman–Crippen LogP) is 4.19. The van der Waals surface area contributed by atoms with Crippen LogP contribution < -0.4 is 0 Å². The number of carbonyl (C=O) groups is 2. The lowest BCUT2D eigenvalue weighted by Gasteiger charge is -2.25. The number of hydrogen-bond acceptors (Lipinski definition) is 4. The molecule has 0 bridgehead atoms. The van der Waals surface area contributed by atoms with Gasteiger partial charge >= 0.3 is 0 Å². The van der Waals surface area contributed by atoms with Gasteiger partial charge in [0.2, 0.25) is 0 Å². The third-order valence-corrected chi connectivity index (χ3v) is 5.45. The number of aromatic nitrogens is 2. The Morgan fingerprint density at radius 2 is 1.90 bits per heavy atom. The lowest BCUT2D eigenvalue weighted by atomic mass is 9.95. The van der Waals surface area contributed by atoms with E-state index >= 15 is 0 Å². The van der Waals surface area contributed by atoms with E-state index in [1.54, 1.807) is 49.1 Å². The van der Waals surface area contributed by atoms with Crippen LogP contribution in [0.2, 0.25) is 5.02 Å². The van der Waals surface area contributed by atoms with E-state index < -0.39 is 23.5 Å². The van der Waals surface area contributed by atoms with Crippen LogP contribution in [0.1, 0.15) is 23.6 Å². The average Bonchev–Trinajstić information content (AvgIpc) is 3.36. The number of rotatable bonds is 6. The Kier molecular flexibility index (Phi) is 5.86. The van der Waals surface area contributed by atoms with Crippen LogP contribution in [0.4, 0.5) is 4.39 Å². The summed E-state index contributed by atoms with van der Waals surface area (Å²) in [7, 11) is 0. The first kappa shape index (κ1) is 20.8. The van der Waals surface area contributed by atoms with Crippen LogP contribution >= 0.6 is 11.6 Å². The number of Topliss-reactive ketones (excluding diaryl/α,β-unsaturated/α-hetero) is 1. The van der Waals surface area contributed by atoms with E-state index in [9.17, 15) is 19.1 Å². The maximum atomic E-state index is 14.0. The van der Waals surface area contributed by atoms with E-state index in [-0.39, 0.29) is 17.9 Å². The van der Waals surface area contributed by atoms with Gasteiger partial charge in [-0.15, -0.1) is 0 Å². The van der Waals surface area contributed by atoms with Crippen molar-refractivity contribution < 1.29 is 19.1 Å². The van der Waals surface area contributed by atoms with E-state index in [1.165, 1.54) is 23.1 Å². The molecule has 4 rings (SSSR count). The molecule has 1 amide bonds. The van der Waals surface area contributed by atoms with Gasteiger partial charge in [-0.1, -0.05) is 23.7 Å². The molecule has 1 N–H and O–H groups in total. The molecule has 8 heteroatoms. The van der Waals surface area contributed by atoms with Gasteiger partial charge in [0.25, 0.3) is 11.7 Å². The van der Waals surface area contributed by atoms with E-state index in [4.69, 9.17) is 11.6 Å². The predicted molar refractivity (Wildman–Crippen MR) is 114 cm³/mol. The molecule has 6 nitrogen and oxygen atoms in total. The fraction of sp³-hybridized carbons (Fsp3) is 0.174. The highest BCUT2D eigenvalue weighted by molar-refractivity contribution is 6.46. The van der Waals surface area contributed by atoms with Gasteiger partial charge in [-0.05, 0) is 48.4 Å². The van der Waals surface area contributed by atoms with E-state index in [1.807, 2.05) is 4.57 Å². The average molecular weight is 440 g/mol. The van der Waals surface area contributed by atoms with Crippen molar-refractivity contribution >= 4 is 29.1 Å². The quantitative estimate of drug-likeness (QED) is 0.355. The molecule has 1 unspecified atom stereocenters.